The molecule has 134 valence electrons. The summed E-state index contributed by atoms with van der Waals surface area (Å²) in [4.78, 5) is 0. The smallest absolute Gasteiger partial charge is 0.394 e. The summed E-state index contributed by atoms with van der Waals surface area (Å²) in [6.07, 6.45) is 12.2. The van der Waals surface area contributed by atoms with Crippen molar-refractivity contribution in [1.82, 2.24) is 0 Å². The van der Waals surface area contributed by atoms with Gasteiger partial charge in [-0.05, 0) is 19.1 Å². The second kappa shape index (κ2) is 12.7. The Labute approximate surface area is 140 Å². The van der Waals surface area contributed by atoms with E-state index in [1.807, 2.05) is 0 Å². The topological polar surface area (TPSA) is 36.9 Å². The SMILES string of the molecule is CCCCCCCCCCC[Si](C)(C)O[Si](OC)(OC)OC. The molecule has 0 saturated heterocycles. The minimum absolute atomic E-state index is 1.13. The normalized spacial score (nSPS) is 12.8. The Hall–Kier alpha value is 0.274. The van der Waals surface area contributed by atoms with Gasteiger partial charge >= 0.3 is 9.05 Å². The first-order valence-corrected chi connectivity index (χ1v) is 13.6. The van der Waals surface area contributed by atoms with Crippen LogP contribution in [0.5, 0.6) is 0 Å². The molecule has 0 aliphatic carbocycles. The van der Waals surface area contributed by atoms with Crippen LogP contribution in [0.1, 0.15) is 64.7 Å². The molecule has 4 nitrogen and oxygen atoms in total. The molecule has 0 unspecified atom stereocenters. The third-order valence-corrected chi connectivity index (χ3v) is 10.3. The van der Waals surface area contributed by atoms with E-state index < -0.39 is 17.4 Å². The monoisotopic (exact) mass is 350 g/mol. The Morgan fingerprint density at radius 1 is 0.636 bits per heavy atom. The Bertz CT molecular complexity index is 250. The molecule has 0 saturated carbocycles. The van der Waals surface area contributed by atoms with Crippen LogP contribution in [-0.2, 0) is 17.4 Å². The van der Waals surface area contributed by atoms with E-state index in [-0.39, 0.29) is 0 Å². The fraction of sp³-hybridized carbons (Fsp3) is 1.00. The molecule has 0 bridgehead atoms. The summed E-state index contributed by atoms with van der Waals surface area (Å²) in [7, 11) is 0.112. The van der Waals surface area contributed by atoms with Crippen molar-refractivity contribution in [2.24, 2.45) is 0 Å². The van der Waals surface area contributed by atoms with Gasteiger partial charge in [0.05, 0.1) is 0 Å². The van der Waals surface area contributed by atoms with Crippen LogP contribution in [0.3, 0.4) is 0 Å². The Morgan fingerprint density at radius 3 is 1.45 bits per heavy atom. The van der Waals surface area contributed by atoms with E-state index in [1.54, 1.807) is 21.3 Å². The molecule has 0 rings (SSSR count). The largest absolute Gasteiger partial charge is 0.668 e. The average molecular weight is 351 g/mol. The summed E-state index contributed by atoms with van der Waals surface area (Å²) >= 11 is 0. The quantitative estimate of drug-likeness (QED) is 0.304. The van der Waals surface area contributed by atoms with Gasteiger partial charge in [-0.1, -0.05) is 64.7 Å². The van der Waals surface area contributed by atoms with Crippen LogP contribution >= 0.6 is 0 Å². The first-order chi connectivity index (χ1) is 10.4. The van der Waals surface area contributed by atoms with Gasteiger partial charge in [-0.25, -0.2) is 0 Å². The first kappa shape index (κ1) is 22.3. The van der Waals surface area contributed by atoms with Gasteiger partial charge in [-0.2, -0.15) is 0 Å². The molecule has 0 aliphatic heterocycles. The van der Waals surface area contributed by atoms with E-state index in [2.05, 4.69) is 20.0 Å². The van der Waals surface area contributed by atoms with Crippen LogP contribution in [0.25, 0.3) is 0 Å². The van der Waals surface area contributed by atoms with Gasteiger partial charge in [0.25, 0.3) is 0 Å². The Morgan fingerprint density at radius 2 is 1.05 bits per heavy atom. The molecule has 0 aromatic carbocycles. The lowest BCUT2D eigenvalue weighted by Crippen LogP contribution is -2.53. The summed E-state index contributed by atoms with van der Waals surface area (Å²) < 4.78 is 22.3. The van der Waals surface area contributed by atoms with E-state index in [9.17, 15) is 0 Å². The molecular formula is C16H38O4Si2. The van der Waals surface area contributed by atoms with Crippen molar-refractivity contribution in [2.75, 3.05) is 21.3 Å². The third-order valence-electron chi connectivity index (χ3n) is 4.03. The fourth-order valence-electron chi connectivity index (χ4n) is 2.63. The van der Waals surface area contributed by atoms with Crippen LogP contribution in [0, 0.1) is 0 Å². The highest BCUT2D eigenvalue weighted by molar-refractivity contribution is 6.78. The molecule has 0 spiro atoms. The molecule has 0 amide bonds. The molecule has 0 radical (unpaired) electrons. The maximum absolute atomic E-state index is 6.16. The summed E-state index contributed by atoms with van der Waals surface area (Å²) in [5.74, 6) is 0. The van der Waals surface area contributed by atoms with Gasteiger partial charge in [-0.3, -0.25) is 0 Å². The fourth-order valence-corrected chi connectivity index (χ4v) is 8.34. The van der Waals surface area contributed by atoms with Crippen molar-refractivity contribution < 1.29 is 17.4 Å². The molecular weight excluding hydrogens is 312 g/mol. The average Bonchev–Trinajstić information content (AvgIpc) is 2.51. The predicted octanol–water partition coefficient (Wildman–Crippen LogP) is 5.11. The van der Waals surface area contributed by atoms with E-state index in [1.165, 1.54) is 57.8 Å². The molecule has 0 N–H and O–H groups in total. The van der Waals surface area contributed by atoms with Crippen LogP contribution in [-0.4, -0.2) is 38.7 Å². The standard InChI is InChI=1S/C16H38O4Si2/c1-7-8-9-10-11-12-13-14-15-16-21(5,6)20-22(17-2,18-3)19-4/h7-16H2,1-6H3. The zero-order valence-electron chi connectivity index (χ0n) is 15.7. The van der Waals surface area contributed by atoms with Crippen molar-refractivity contribution in [3.63, 3.8) is 0 Å². The highest BCUT2D eigenvalue weighted by Gasteiger charge is 2.47. The highest BCUT2D eigenvalue weighted by atomic mass is 28.5. The minimum Gasteiger partial charge on any atom is -0.394 e. The Kier molecular flexibility index (Phi) is 12.8. The second-order valence-corrected chi connectivity index (χ2v) is 13.6. The first-order valence-electron chi connectivity index (χ1n) is 8.81. The van der Waals surface area contributed by atoms with Crippen LogP contribution in [0.15, 0.2) is 0 Å². The molecule has 0 fully saturated rings. The van der Waals surface area contributed by atoms with Crippen molar-refractivity contribution >= 4 is 17.4 Å². The summed E-state index contributed by atoms with van der Waals surface area (Å²) in [5, 5.41) is 0. The summed E-state index contributed by atoms with van der Waals surface area (Å²) in [6.45, 7) is 6.70. The molecule has 0 aliphatic rings. The van der Waals surface area contributed by atoms with E-state index >= 15 is 0 Å². The number of rotatable bonds is 15. The number of unbranched alkanes of at least 4 members (excludes halogenated alkanes) is 8. The lowest BCUT2D eigenvalue weighted by Gasteiger charge is -2.32. The zero-order valence-corrected chi connectivity index (χ0v) is 17.7. The number of hydrogen-bond acceptors (Lipinski definition) is 4. The van der Waals surface area contributed by atoms with Crippen LogP contribution < -0.4 is 0 Å². The van der Waals surface area contributed by atoms with Crippen molar-refractivity contribution in [3.05, 3.63) is 0 Å². The highest BCUT2D eigenvalue weighted by Crippen LogP contribution is 2.23. The van der Waals surface area contributed by atoms with Gasteiger partial charge in [0.2, 0.25) is 0 Å². The van der Waals surface area contributed by atoms with Gasteiger partial charge in [0.15, 0.2) is 8.32 Å². The third kappa shape index (κ3) is 10.1. The molecule has 22 heavy (non-hydrogen) atoms. The molecule has 0 aromatic rings. The minimum atomic E-state index is -2.89. The van der Waals surface area contributed by atoms with E-state index in [4.69, 9.17) is 17.4 Å². The number of hydrogen-bond donors (Lipinski definition) is 0. The van der Waals surface area contributed by atoms with Gasteiger partial charge < -0.3 is 17.4 Å². The van der Waals surface area contributed by atoms with Crippen molar-refractivity contribution in [1.29, 1.82) is 0 Å². The van der Waals surface area contributed by atoms with E-state index in [0.717, 1.165) is 6.04 Å². The van der Waals surface area contributed by atoms with E-state index in [0.29, 0.717) is 0 Å². The van der Waals surface area contributed by atoms with Gasteiger partial charge in [-0.15, -0.1) is 0 Å². The summed E-state index contributed by atoms with van der Waals surface area (Å²) in [6, 6.07) is 1.13. The van der Waals surface area contributed by atoms with Crippen molar-refractivity contribution in [3.8, 4) is 0 Å². The molecule has 6 heteroatoms. The zero-order chi connectivity index (χ0) is 16.9. The van der Waals surface area contributed by atoms with Crippen LogP contribution in [0.2, 0.25) is 19.1 Å². The Balaban J connectivity index is 3.80. The molecule has 0 aromatic heterocycles. The second-order valence-electron chi connectivity index (χ2n) is 6.55. The lowest BCUT2D eigenvalue weighted by molar-refractivity contribution is 0.0478. The van der Waals surface area contributed by atoms with Gasteiger partial charge in [0, 0.05) is 21.3 Å². The van der Waals surface area contributed by atoms with Gasteiger partial charge in [0.1, 0.15) is 0 Å². The maximum atomic E-state index is 6.16. The lowest BCUT2D eigenvalue weighted by atomic mass is 10.1. The van der Waals surface area contributed by atoms with Crippen molar-refractivity contribution in [2.45, 2.75) is 83.8 Å². The van der Waals surface area contributed by atoms with Crippen LogP contribution in [0.4, 0.5) is 0 Å². The predicted molar refractivity (Wildman–Crippen MR) is 97.4 cm³/mol. The maximum Gasteiger partial charge on any atom is 0.668 e. The molecule has 0 atom stereocenters. The molecule has 0 heterocycles. The summed E-state index contributed by atoms with van der Waals surface area (Å²) in [5.41, 5.74) is 0.